The fourth-order valence-corrected chi connectivity index (χ4v) is 3.29. The van der Waals surface area contributed by atoms with Gasteiger partial charge in [0.25, 0.3) is 5.91 Å². The van der Waals surface area contributed by atoms with Gasteiger partial charge < -0.3 is 10.1 Å². The smallest absolute Gasteiger partial charge is 0.357 e. The molecule has 28 heavy (non-hydrogen) atoms. The van der Waals surface area contributed by atoms with Gasteiger partial charge in [0.2, 0.25) is 0 Å². The summed E-state index contributed by atoms with van der Waals surface area (Å²) in [7, 11) is 0. The normalized spacial score (nSPS) is 13.0. The zero-order valence-corrected chi connectivity index (χ0v) is 16.8. The number of nitrogens with zero attached hydrogens (tertiary/aromatic N) is 1. The summed E-state index contributed by atoms with van der Waals surface area (Å²) in [6.45, 7) is 3.29. The third kappa shape index (κ3) is 4.61. The maximum atomic E-state index is 12.4. The fraction of sp³-hybridized carbons (Fsp3) is 0.190. The molecule has 0 unspecified atom stereocenters. The predicted octanol–water partition coefficient (Wildman–Crippen LogP) is 4.96. The minimum atomic E-state index is -0.991. The molecule has 0 radical (unpaired) electrons. The van der Waals surface area contributed by atoms with Crippen LogP contribution in [0.1, 0.15) is 35.9 Å². The summed E-state index contributed by atoms with van der Waals surface area (Å²) in [4.78, 5) is 29.0. The monoisotopic (exact) mass is 416 g/mol. The van der Waals surface area contributed by atoms with E-state index in [0.29, 0.717) is 21.1 Å². The predicted molar refractivity (Wildman–Crippen MR) is 110 cm³/mol. The first kappa shape index (κ1) is 20.1. The Balaban J connectivity index is 1.64. The van der Waals surface area contributed by atoms with Gasteiger partial charge in [-0.15, -0.1) is 0 Å². The average Bonchev–Trinajstić information content (AvgIpc) is 2.67. The molecule has 144 valence electrons. The standard InChI is InChI=1S/C21H18Cl2N2O3/c1-12(16-9-8-15(22)11-17(16)23)24-20(26)13(2)28-21(27)19-10-7-14-5-3-4-6-18(14)25-19/h3-13H,1-2H3,(H,24,26)/t12-,13+/m0/s1. The third-order valence-corrected chi connectivity index (χ3v) is 4.81. The van der Waals surface area contributed by atoms with Gasteiger partial charge in [0.15, 0.2) is 6.10 Å². The van der Waals surface area contributed by atoms with Crippen LogP contribution >= 0.6 is 23.2 Å². The molecule has 0 fully saturated rings. The number of para-hydroxylation sites is 1. The highest BCUT2D eigenvalue weighted by Crippen LogP contribution is 2.26. The molecule has 1 amide bonds. The van der Waals surface area contributed by atoms with Gasteiger partial charge in [0.05, 0.1) is 11.6 Å². The van der Waals surface area contributed by atoms with Crippen LogP contribution in [0.5, 0.6) is 0 Å². The lowest BCUT2D eigenvalue weighted by atomic mass is 10.1. The molecular weight excluding hydrogens is 399 g/mol. The lowest BCUT2D eigenvalue weighted by molar-refractivity contribution is -0.129. The van der Waals surface area contributed by atoms with Gasteiger partial charge in [-0.3, -0.25) is 4.79 Å². The molecule has 7 heteroatoms. The SMILES string of the molecule is C[C@H](NC(=O)[C@@H](C)OC(=O)c1ccc2ccccc2n1)c1ccc(Cl)cc1Cl. The largest absolute Gasteiger partial charge is 0.448 e. The molecule has 0 saturated heterocycles. The van der Waals surface area contributed by atoms with Gasteiger partial charge in [-0.05, 0) is 43.7 Å². The van der Waals surface area contributed by atoms with Crippen molar-refractivity contribution in [3.05, 3.63) is 75.9 Å². The Morgan fingerprint density at radius 2 is 1.79 bits per heavy atom. The second-order valence-corrected chi connectivity index (χ2v) is 7.18. The summed E-state index contributed by atoms with van der Waals surface area (Å²) in [5.74, 6) is -1.10. The van der Waals surface area contributed by atoms with E-state index in [2.05, 4.69) is 10.3 Å². The Labute approximate surface area is 172 Å². The Morgan fingerprint density at radius 3 is 2.54 bits per heavy atom. The van der Waals surface area contributed by atoms with Crippen LogP contribution in [0.4, 0.5) is 0 Å². The van der Waals surface area contributed by atoms with Crippen LogP contribution < -0.4 is 5.32 Å². The van der Waals surface area contributed by atoms with Gasteiger partial charge in [-0.2, -0.15) is 0 Å². The number of fused-ring (bicyclic) bond motifs is 1. The molecule has 2 aromatic carbocycles. The number of hydrogen-bond acceptors (Lipinski definition) is 4. The van der Waals surface area contributed by atoms with Crippen LogP contribution in [0.15, 0.2) is 54.6 Å². The van der Waals surface area contributed by atoms with Crippen LogP contribution in [0.25, 0.3) is 10.9 Å². The molecule has 1 aromatic heterocycles. The van der Waals surface area contributed by atoms with Crippen LogP contribution in [0, 0.1) is 0 Å². The zero-order valence-electron chi connectivity index (χ0n) is 15.3. The van der Waals surface area contributed by atoms with Crippen molar-refractivity contribution in [2.75, 3.05) is 0 Å². The number of benzene rings is 2. The van der Waals surface area contributed by atoms with E-state index in [-0.39, 0.29) is 11.7 Å². The van der Waals surface area contributed by atoms with E-state index in [9.17, 15) is 9.59 Å². The second-order valence-electron chi connectivity index (χ2n) is 6.33. The van der Waals surface area contributed by atoms with Gasteiger partial charge in [0.1, 0.15) is 5.69 Å². The van der Waals surface area contributed by atoms with Crippen molar-refractivity contribution in [3.63, 3.8) is 0 Å². The summed E-state index contributed by atoms with van der Waals surface area (Å²) in [6.07, 6.45) is -0.991. The minimum absolute atomic E-state index is 0.146. The van der Waals surface area contributed by atoms with E-state index in [1.165, 1.54) is 6.92 Å². The number of nitrogens with one attached hydrogen (secondary N) is 1. The quantitative estimate of drug-likeness (QED) is 0.596. The van der Waals surface area contributed by atoms with Crippen molar-refractivity contribution in [1.29, 1.82) is 0 Å². The van der Waals surface area contributed by atoms with E-state index in [4.69, 9.17) is 27.9 Å². The van der Waals surface area contributed by atoms with Crippen LogP contribution in [0.3, 0.4) is 0 Å². The topological polar surface area (TPSA) is 68.3 Å². The molecule has 0 spiro atoms. The molecule has 1 heterocycles. The van der Waals surface area contributed by atoms with E-state index >= 15 is 0 Å². The van der Waals surface area contributed by atoms with E-state index < -0.39 is 18.0 Å². The Morgan fingerprint density at radius 1 is 1.04 bits per heavy atom. The summed E-state index contributed by atoms with van der Waals surface area (Å²) < 4.78 is 5.27. The molecule has 0 aliphatic rings. The first-order valence-electron chi connectivity index (χ1n) is 8.67. The summed E-state index contributed by atoms with van der Waals surface area (Å²) in [5, 5.41) is 4.65. The number of rotatable bonds is 5. The first-order valence-corrected chi connectivity index (χ1v) is 9.43. The first-order chi connectivity index (χ1) is 13.3. The van der Waals surface area contributed by atoms with E-state index in [1.54, 1.807) is 43.3 Å². The summed E-state index contributed by atoms with van der Waals surface area (Å²) in [5.41, 5.74) is 1.54. The Kier molecular flexibility index (Phi) is 6.17. The van der Waals surface area contributed by atoms with Crippen molar-refractivity contribution >= 4 is 46.0 Å². The Hall–Kier alpha value is -2.63. The molecule has 3 rings (SSSR count). The molecule has 2 atom stereocenters. The number of ether oxygens (including phenoxy) is 1. The number of carbonyl (C=O) groups is 2. The third-order valence-electron chi connectivity index (χ3n) is 4.25. The van der Waals surface area contributed by atoms with Gasteiger partial charge in [-0.25, -0.2) is 9.78 Å². The van der Waals surface area contributed by atoms with Gasteiger partial charge >= 0.3 is 5.97 Å². The molecule has 0 aliphatic carbocycles. The molecule has 1 N–H and O–H groups in total. The molecule has 0 saturated carbocycles. The lowest BCUT2D eigenvalue weighted by Crippen LogP contribution is -2.37. The summed E-state index contributed by atoms with van der Waals surface area (Å²) in [6, 6.07) is 15.5. The highest BCUT2D eigenvalue weighted by Gasteiger charge is 2.22. The zero-order chi connectivity index (χ0) is 20.3. The Bertz CT molecular complexity index is 1040. The second kappa shape index (κ2) is 8.59. The number of aromatic nitrogens is 1. The highest BCUT2D eigenvalue weighted by molar-refractivity contribution is 6.35. The maximum Gasteiger partial charge on any atom is 0.357 e. The van der Waals surface area contributed by atoms with Gasteiger partial charge in [0, 0.05) is 15.4 Å². The van der Waals surface area contributed by atoms with Crippen molar-refractivity contribution in [2.45, 2.75) is 26.0 Å². The van der Waals surface area contributed by atoms with E-state index in [1.807, 2.05) is 18.2 Å². The molecule has 0 bridgehead atoms. The molecule has 0 aliphatic heterocycles. The van der Waals surface area contributed by atoms with Crippen molar-refractivity contribution < 1.29 is 14.3 Å². The summed E-state index contributed by atoms with van der Waals surface area (Å²) >= 11 is 12.1. The highest BCUT2D eigenvalue weighted by atomic mass is 35.5. The van der Waals surface area contributed by atoms with Crippen molar-refractivity contribution in [2.24, 2.45) is 0 Å². The number of hydrogen-bond donors (Lipinski definition) is 1. The number of halogens is 2. The van der Waals surface area contributed by atoms with E-state index in [0.717, 1.165) is 5.39 Å². The number of esters is 1. The maximum absolute atomic E-state index is 12.4. The minimum Gasteiger partial charge on any atom is -0.448 e. The van der Waals surface area contributed by atoms with Crippen molar-refractivity contribution in [1.82, 2.24) is 10.3 Å². The number of pyridine rings is 1. The molecule has 3 aromatic rings. The van der Waals surface area contributed by atoms with Crippen molar-refractivity contribution in [3.8, 4) is 0 Å². The number of amides is 1. The average molecular weight is 417 g/mol. The van der Waals surface area contributed by atoms with Gasteiger partial charge in [-0.1, -0.05) is 53.5 Å². The molecular formula is C21H18Cl2N2O3. The fourth-order valence-electron chi connectivity index (χ4n) is 2.72. The van der Waals surface area contributed by atoms with Crippen LogP contribution in [0.2, 0.25) is 10.0 Å². The van der Waals surface area contributed by atoms with Crippen LogP contribution in [-0.2, 0) is 9.53 Å². The van der Waals surface area contributed by atoms with Crippen LogP contribution in [-0.4, -0.2) is 23.0 Å². The number of carbonyl (C=O) groups excluding carboxylic acids is 2. The molecule has 5 nitrogen and oxygen atoms in total. The lowest BCUT2D eigenvalue weighted by Gasteiger charge is -2.19.